The number of carbonyl (C=O) groups excluding carboxylic acids is 2. The monoisotopic (exact) mass is 262 g/mol. The summed E-state index contributed by atoms with van der Waals surface area (Å²) in [7, 11) is 0. The van der Waals surface area contributed by atoms with Gasteiger partial charge in [-0.3, -0.25) is 4.79 Å². The molecule has 1 aromatic rings. The third-order valence-electron chi connectivity index (χ3n) is 3.04. The zero-order valence-corrected chi connectivity index (χ0v) is 10.8. The molecule has 6 nitrogen and oxygen atoms in total. The Labute approximate surface area is 112 Å². The molecule has 1 unspecified atom stereocenters. The summed E-state index contributed by atoms with van der Waals surface area (Å²) in [6, 6.07) is 6.88. The molecule has 0 radical (unpaired) electrons. The smallest absolute Gasteiger partial charge is 0.321 e. The third kappa shape index (κ3) is 3.61. The lowest BCUT2D eigenvalue weighted by Gasteiger charge is -2.17. The number of nitrogens with two attached hydrogens (primary N) is 1. The van der Waals surface area contributed by atoms with E-state index >= 15 is 0 Å². The minimum absolute atomic E-state index is 0.0506. The van der Waals surface area contributed by atoms with Crippen molar-refractivity contribution in [2.24, 2.45) is 0 Å². The molecule has 1 aliphatic rings. The van der Waals surface area contributed by atoms with E-state index in [4.69, 9.17) is 5.73 Å². The maximum absolute atomic E-state index is 12.0. The zero-order valence-electron chi connectivity index (χ0n) is 10.8. The van der Waals surface area contributed by atoms with Gasteiger partial charge < -0.3 is 21.3 Å². The van der Waals surface area contributed by atoms with Crippen LogP contribution in [0.25, 0.3) is 0 Å². The van der Waals surface area contributed by atoms with Gasteiger partial charge in [0.1, 0.15) is 0 Å². The van der Waals surface area contributed by atoms with E-state index in [9.17, 15) is 9.59 Å². The molecular weight excluding hydrogens is 244 g/mol. The maximum atomic E-state index is 12.0. The minimum Gasteiger partial charge on any atom is -0.399 e. The molecule has 102 valence electrons. The molecule has 0 spiro atoms. The molecule has 4 N–H and O–H groups in total. The molecule has 0 aliphatic carbocycles. The Balaban J connectivity index is 1.87. The van der Waals surface area contributed by atoms with Crippen LogP contribution in [0.4, 0.5) is 16.2 Å². The summed E-state index contributed by atoms with van der Waals surface area (Å²) in [5.74, 6) is -0.0641. The first-order chi connectivity index (χ1) is 9.04. The van der Waals surface area contributed by atoms with Crippen molar-refractivity contribution in [3.63, 3.8) is 0 Å². The van der Waals surface area contributed by atoms with Gasteiger partial charge in [-0.15, -0.1) is 0 Å². The van der Waals surface area contributed by atoms with Crippen molar-refractivity contribution in [2.45, 2.75) is 19.4 Å². The van der Waals surface area contributed by atoms with Gasteiger partial charge in [0.25, 0.3) is 0 Å². The third-order valence-corrected chi connectivity index (χ3v) is 3.04. The second-order valence-electron chi connectivity index (χ2n) is 4.68. The van der Waals surface area contributed by atoms with Crippen LogP contribution in [0.5, 0.6) is 0 Å². The molecule has 1 heterocycles. The Hall–Kier alpha value is -2.24. The van der Waals surface area contributed by atoms with Crippen LogP contribution in [0.3, 0.4) is 0 Å². The Bertz CT molecular complexity index is 472. The maximum Gasteiger partial charge on any atom is 0.321 e. The minimum atomic E-state index is -0.155. The summed E-state index contributed by atoms with van der Waals surface area (Å²) in [5.41, 5.74) is 6.95. The molecule has 0 bridgehead atoms. The average Bonchev–Trinajstić information content (AvgIpc) is 2.80. The second kappa shape index (κ2) is 5.60. The van der Waals surface area contributed by atoms with Gasteiger partial charge in [0.05, 0.1) is 0 Å². The van der Waals surface area contributed by atoms with E-state index in [-0.39, 0.29) is 18.0 Å². The molecule has 2 rings (SSSR count). The highest BCUT2D eigenvalue weighted by Gasteiger charge is 2.26. The number of carbonyl (C=O) groups is 2. The van der Waals surface area contributed by atoms with Crippen molar-refractivity contribution in [1.82, 2.24) is 10.2 Å². The summed E-state index contributed by atoms with van der Waals surface area (Å²) in [6.07, 6.45) is 0.786. The molecule has 1 saturated heterocycles. The van der Waals surface area contributed by atoms with Crippen LogP contribution >= 0.6 is 0 Å². The number of anilines is 2. The Morgan fingerprint density at radius 2 is 2.00 bits per heavy atom. The van der Waals surface area contributed by atoms with E-state index in [0.717, 1.165) is 6.42 Å². The van der Waals surface area contributed by atoms with E-state index in [1.807, 2.05) is 0 Å². The van der Waals surface area contributed by atoms with Crippen LogP contribution in [0.1, 0.15) is 13.3 Å². The molecule has 3 amide bonds. The van der Waals surface area contributed by atoms with Gasteiger partial charge in [0.15, 0.2) is 0 Å². The van der Waals surface area contributed by atoms with Crippen molar-refractivity contribution in [3.05, 3.63) is 24.3 Å². The quantitative estimate of drug-likeness (QED) is 0.695. The lowest BCUT2D eigenvalue weighted by Crippen LogP contribution is -2.38. The molecule has 0 saturated carbocycles. The molecule has 1 aliphatic heterocycles. The van der Waals surface area contributed by atoms with Crippen molar-refractivity contribution in [3.8, 4) is 0 Å². The normalized spacial score (nSPS) is 18.2. The molecule has 1 aromatic carbocycles. The number of likely N-dealkylation sites (tertiary alicyclic amines) is 1. The highest BCUT2D eigenvalue weighted by molar-refractivity contribution is 5.89. The Morgan fingerprint density at radius 3 is 2.63 bits per heavy atom. The number of rotatable bonds is 2. The first-order valence-electron chi connectivity index (χ1n) is 6.23. The lowest BCUT2D eigenvalue weighted by molar-refractivity contribution is -0.119. The number of amides is 3. The molecule has 19 heavy (non-hydrogen) atoms. The van der Waals surface area contributed by atoms with Crippen molar-refractivity contribution >= 4 is 23.3 Å². The fraction of sp³-hybridized carbons (Fsp3) is 0.385. The number of hydrogen-bond donors (Lipinski definition) is 3. The van der Waals surface area contributed by atoms with Gasteiger partial charge >= 0.3 is 6.03 Å². The van der Waals surface area contributed by atoms with Crippen molar-refractivity contribution < 1.29 is 9.59 Å². The van der Waals surface area contributed by atoms with Gasteiger partial charge in [0, 0.05) is 37.4 Å². The largest absolute Gasteiger partial charge is 0.399 e. The van der Waals surface area contributed by atoms with E-state index in [2.05, 4.69) is 10.6 Å². The number of hydrogen-bond acceptors (Lipinski definition) is 3. The van der Waals surface area contributed by atoms with Gasteiger partial charge in [-0.05, 0) is 30.7 Å². The number of urea groups is 1. The Kier molecular flexibility index (Phi) is 3.89. The summed E-state index contributed by atoms with van der Waals surface area (Å²) in [6.45, 7) is 2.67. The summed E-state index contributed by atoms with van der Waals surface area (Å²) < 4.78 is 0. The highest BCUT2D eigenvalue weighted by atomic mass is 16.2. The number of nitrogens with zero attached hydrogens (tertiary/aromatic N) is 1. The first-order valence-corrected chi connectivity index (χ1v) is 6.23. The van der Waals surface area contributed by atoms with Crippen LogP contribution in [0.2, 0.25) is 0 Å². The fourth-order valence-corrected chi connectivity index (χ4v) is 2.12. The molecule has 1 atom stereocenters. The van der Waals surface area contributed by atoms with Crippen LogP contribution in [0, 0.1) is 0 Å². The number of nitrogens with one attached hydrogen (secondary N) is 2. The van der Waals surface area contributed by atoms with E-state index < -0.39 is 0 Å². The summed E-state index contributed by atoms with van der Waals surface area (Å²) >= 11 is 0. The van der Waals surface area contributed by atoms with Gasteiger partial charge in [-0.1, -0.05) is 0 Å². The van der Waals surface area contributed by atoms with E-state index in [0.29, 0.717) is 24.5 Å². The second-order valence-corrected chi connectivity index (χ2v) is 4.68. The molecular formula is C13H18N4O2. The predicted molar refractivity (Wildman–Crippen MR) is 73.7 cm³/mol. The fourth-order valence-electron chi connectivity index (χ4n) is 2.12. The predicted octanol–water partition coefficient (Wildman–Crippen LogP) is 1.01. The van der Waals surface area contributed by atoms with Crippen LogP contribution in [-0.2, 0) is 4.79 Å². The van der Waals surface area contributed by atoms with Gasteiger partial charge in [-0.2, -0.15) is 0 Å². The van der Waals surface area contributed by atoms with Crippen molar-refractivity contribution in [1.29, 1.82) is 0 Å². The highest BCUT2D eigenvalue weighted by Crippen LogP contribution is 2.14. The molecule has 1 fully saturated rings. The number of nitrogen functional groups attached to an aromatic ring is 1. The summed E-state index contributed by atoms with van der Waals surface area (Å²) in [4.78, 5) is 24.7. The van der Waals surface area contributed by atoms with Crippen LogP contribution in [-0.4, -0.2) is 36.0 Å². The topological polar surface area (TPSA) is 87.5 Å². The lowest BCUT2D eigenvalue weighted by atomic mass is 10.3. The Morgan fingerprint density at radius 1 is 1.32 bits per heavy atom. The average molecular weight is 262 g/mol. The van der Waals surface area contributed by atoms with Crippen molar-refractivity contribution in [2.75, 3.05) is 24.1 Å². The van der Waals surface area contributed by atoms with Crippen LogP contribution in [0.15, 0.2) is 24.3 Å². The number of benzene rings is 1. The summed E-state index contributed by atoms with van der Waals surface area (Å²) in [5, 5.41) is 5.62. The molecule has 6 heteroatoms. The SMILES string of the molecule is CC(=O)NC1CCN(C(=O)Nc2ccc(N)cc2)C1. The molecule has 0 aromatic heterocycles. The van der Waals surface area contributed by atoms with E-state index in [1.165, 1.54) is 6.92 Å². The standard InChI is InChI=1S/C13H18N4O2/c1-9(18)15-12-6-7-17(8-12)13(19)16-11-4-2-10(14)3-5-11/h2-5,12H,6-8,14H2,1H3,(H,15,18)(H,16,19). The van der Waals surface area contributed by atoms with Gasteiger partial charge in [-0.25, -0.2) is 4.79 Å². The van der Waals surface area contributed by atoms with Crippen LogP contribution < -0.4 is 16.4 Å². The zero-order chi connectivity index (χ0) is 13.8. The van der Waals surface area contributed by atoms with Gasteiger partial charge in [0.2, 0.25) is 5.91 Å². The first kappa shape index (κ1) is 13.2. The van der Waals surface area contributed by atoms with E-state index in [1.54, 1.807) is 29.2 Å².